The third-order valence-corrected chi connectivity index (χ3v) is 5.11. The summed E-state index contributed by atoms with van der Waals surface area (Å²) < 4.78 is 7.79. The third kappa shape index (κ3) is 9.70. The van der Waals surface area contributed by atoms with Crippen LogP contribution in [-0.2, 0) is 24.6 Å². The number of aliphatic hydroxyl groups excluding tert-OH is 2. The SMILES string of the molecule is CC(=O)O.CC(C)(CCn1cnnc1)NCC(O)c1ccc(OCc2ccccc2)c(CO)c1. The Morgan fingerprint density at radius 3 is 2.41 bits per heavy atom. The van der Waals surface area contributed by atoms with Crippen molar-refractivity contribution in [3.63, 3.8) is 0 Å². The quantitative estimate of drug-likeness (QED) is 0.337. The molecule has 0 fully saturated rings. The number of rotatable bonds is 11. The molecule has 1 heterocycles. The van der Waals surface area contributed by atoms with Gasteiger partial charge in [0.1, 0.15) is 25.0 Å². The van der Waals surface area contributed by atoms with Crippen LogP contribution >= 0.6 is 0 Å². The molecule has 1 atom stereocenters. The Hall–Kier alpha value is -3.27. The molecule has 9 heteroatoms. The number of β-amino-alcohol motifs (C(OH)–C–C–N with tert-alkyl or cyclic N) is 1. The monoisotopic (exact) mass is 470 g/mol. The van der Waals surface area contributed by atoms with Gasteiger partial charge in [-0.1, -0.05) is 36.4 Å². The van der Waals surface area contributed by atoms with Gasteiger partial charge in [-0.3, -0.25) is 4.79 Å². The van der Waals surface area contributed by atoms with Crippen molar-refractivity contribution in [1.82, 2.24) is 20.1 Å². The molecule has 2 aromatic carbocycles. The van der Waals surface area contributed by atoms with E-state index < -0.39 is 12.1 Å². The summed E-state index contributed by atoms with van der Waals surface area (Å²) in [5.41, 5.74) is 2.30. The average Bonchev–Trinajstić information content (AvgIpc) is 3.34. The van der Waals surface area contributed by atoms with Gasteiger partial charge in [0.2, 0.25) is 0 Å². The van der Waals surface area contributed by atoms with E-state index in [1.165, 1.54) is 0 Å². The van der Waals surface area contributed by atoms with E-state index in [-0.39, 0.29) is 12.1 Å². The number of ether oxygens (including phenoxy) is 1. The van der Waals surface area contributed by atoms with Gasteiger partial charge in [0.05, 0.1) is 12.7 Å². The zero-order chi connectivity index (χ0) is 25.0. The summed E-state index contributed by atoms with van der Waals surface area (Å²) in [5, 5.41) is 38.9. The molecule has 0 spiro atoms. The minimum atomic E-state index is -0.833. The van der Waals surface area contributed by atoms with Crippen molar-refractivity contribution in [1.29, 1.82) is 0 Å². The first-order chi connectivity index (χ1) is 16.2. The predicted octanol–water partition coefficient (Wildman–Crippen LogP) is 2.93. The maximum absolute atomic E-state index is 10.6. The van der Waals surface area contributed by atoms with Crippen LogP contribution in [-0.4, -0.2) is 48.1 Å². The molecular formula is C25H34N4O5. The van der Waals surface area contributed by atoms with Gasteiger partial charge in [-0.15, -0.1) is 10.2 Å². The number of aliphatic hydroxyl groups is 2. The van der Waals surface area contributed by atoms with E-state index in [1.54, 1.807) is 18.7 Å². The lowest BCUT2D eigenvalue weighted by Gasteiger charge is -2.28. The molecule has 1 unspecified atom stereocenters. The molecule has 9 nitrogen and oxygen atoms in total. The fourth-order valence-corrected chi connectivity index (χ4v) is 3.13. The standard InChI is InChI=1S/C23H30N4O3.C2H4O2/c1-23(2,10-11-27-16-25-26-17-27)24-13-21(29)19-8-9-22(20(12-19)14-28)30-15-18-6-4-3-5-7-18;1-2(3)4/h3-9,12,16-17,21,24,28-29H,10-11,13-15H2,1-2H3;1H3,(H,3,4). The number of aryl methyl sites for hydroxylation is 1. The number of aliphatic carboxylic acids is 1. The fraction of sp³-hybridized carbons (Fsp3) is 0.400. The summed E-state index contributed by atoms with van der Waals surface area (Å²) >= 11 is 0. The van der Waals surface area contributed by atoms with Gasteiger partial charge < -0.3 is 29.9 Å². The van der Waals surface area contributed by atoms with Crippen LogP contribution in [0.15, 0.2) is 61.2 Å². The molecule has 0 aliphatic heterocycles. The molecule has 1 aromatic heterocycles. The Labute approximate surface area is 200 Å². The summed E-state index contributed by atoms with van der Waals surface area (Å²) in [7, 11) is 0. The number of nitrogens with zero attached hydrogens (tertiary/aromatic N) is 3. The van der Waals surface area contributed by atoms with Crippen LogP contribution < -0.4 is 10.1 Å². The van der Waals surface area contributed by atoms with E-state index in [9.17, 15) is 10.2 Å². The van der Waals surface area contributed by atoms with E-state index in [1.807, 2.05) is 47.0 Å². The Morgan fingerprint density at radius 1 is 1.15 bits per heavy atom. The minimum Gasteiger partial charge on any atom is -0.489 e. The normalized spacial score (nSPS) is 11.9. The van der Waals surface area contributed by atoms with Crippen molar-refractivity contribution in [2.75, 3.05) is 6.54 Å². The Balaban J connectivity index is 0.000000945. The second-order valence-electron chi connectivity index (χ2n) is 8.55. The topological polar surface area (TPSA) is 130 Å². The van der Waals surface area contributed by atoms with E-state index >= 15 is 0 Å². The van der Waals surface area contributed by atoms with Gasteiger partial charge in [-0.05, 0) is 43.5 Å². The Bertz CT molecular complexity index is 990. The van der Waals surface area contributed by atoms with Crippen molar-refractivity contribution in [3.8, 4) is 5.75 Å². The number of aromatic nitrogens is 3. The van der Waals surface area contributed by atoms with Gasteiger partial charge in [0.25, 0.3) is 5.97 Å². The summed E-state index contributed by atoms with van der Waals surface area (Å²) in [6.45, 7) is 6.77. The molecular weight excluding hydrogens is 436 g/mol. The van der Waals surface area contributed by atoms with Crippen molar-refractivity contribution >= 4 is 5.97 Å². The summed E-state index contributed by atoms with van der Waals surface area (Å²) in [6, 6.07) is 15.3. The lowest BCUT2D eigenvalue weighted by Crippen LogP contribution is -2.42. The van der Waals surface area contributed by atoms with Crippen molar-refractivity contribution in [2.24, 2.45) is 0 Å². The highest BCUT2D eigenvalue weighted by Crippen LogP contribution is 2.25. The first-order valence-electron chi connectivity index (χ1n) is 11.1. The highest BCUT2D eigenvalue weighted by molar-refractivity contribution is 5.62. The lowest BCUT2D eigenvalue weighted by molar-refractivity contribution is -0.134. The molecule has 184 valence electrons. The summed E-state index contributed by atoms with van der Waals surface area (Å²) in [5.74, 6) is -0.209. The molecule has 0 radical (unpaired) electrons. The second kappa shape index (κ2) is 13.4. The van der Waals surface area contributed by atoms with Gasteiger partial charge in [0.15, 0.2) is 0 Å². The molecule has 0 bridgehead atoms. The predicted molar refractivity (Wildman–Crippen MR) is 128 cm³/mol. The molecule has 3 aromatic rings. The zero-order valence-electron chi connectivity index (χ0n) is 19.9. The average molecular weight is 471 g/mol. The van der Waals surface area contributed by atoms with E-state index in [0.717, 1.165) is 31.0 Å². The molecule has 0 amide bonds. The number of benzene rings is 2. The molecule has 0 aliphatic rings. The number of carbonyl (C=O) groups is 1. The number of carboxylic acid groups (broad SMARTS) is 1. The Kier molecular flexibility index (Phi) is 10.7. The summed E-state index contributed by atoms with van der Waals surface area (Å²) in [4.78, 5) is 9.00. The van der Waals surface area contributed by atoms with Crippen LogP contribution in [0, 0.1) is 0 Å². The maximum Gasteiger partial charge on any atom is 0.300 e. The van der Waals surface area contributed by atoms with Crippen LogP contribution in [0.3, 0.4) is 0 Å². The van der Waals surface area contributed by atoms with E-state index in [2.05, 4.69) is 29.4 Å². The van der Waals surface area contributed by atoms with Gasteiger partial charge >= 0.3 is 0 Å². The van der Waals surface area contributed by atoms with Crippen molar-refractivity contribution < 1.29 is 24.9 Å². The largest absolute Gasteiger partial charge is 0.489 e. The smallest absolute Gasteiger partial charge is 0.300 e. The van der Waals surface area contributed by atoms with Crippen LogP contribution in [0.5, 0.6) is 5.75 Å². The van der Waals surface area contributed by atoms with Crippen LogP contribution in [0.2, 0.25) is 0 Å². The molecule has 0 aliphatic carbocycles. The molecule has 0 saturated heterocycles. The highest BCUT2D eigenvalue weighted by Gasteiger charge is 2.20. The highest BCUT2D eigenvalue weighted by atomic mass is 16.5. The Morgan fingerprint density at radius 2 is 1.79 bits per heavy atom. The van der Waals surface area contributed by atoms with Crippen molar-refractivity contribution in [2.45, 2.75) is 58.6 Å². The second-order valence-corrected chi connectivity index (χ2v) is 8.55. The molecule has 34 heavy (non-hydrogen) atoms. The van der Waals surface area contributed by atoms with Crippen molar-refractivity contribution in [3.05, 3.63) is 77.9 Å². The maximum atomic E-state index is 10.6. The zero-order valence-corrected chi connectivity index (χ0v) is 19.9. The number of carboxylic acids is 1. The number of hydrogen-bond donors (Lipinski definition) is 4. The molecule has 3 rings (SSSR count). The lowest BCUT2D eigenvalue weighted by atomic mass is 9.99. The first kappa shape index (κ1) is 27.0. The molecule has 4 N–H and O–H groups in total. The van der Waals surface area contributed by atoms with Crippen LogP contribution in [0.4, 0.5) is 0 Å². The third-order valence-electron chi connectivity index (χ3n) is 5.11. The first-order valence-corrected chi connectivity index (χ1v) is 11.1. The minimum absolute atomic E-state index is 0.150. The van der Waals surface area contributed by atoms with Crippen LogP contribution in [0.25, 0.3) is 0 Å². The van der Waals surface area contributed by atoms with Crippen LogP contribution in [0.1, 0.15) is 50.0 Å². The van der Waals surface area contributed by atoms with Gasteiger partial charge in [-0.2, -0.15) is 0 Å². The van der Waals surface area contributed by atoms with Gasteiger partial charge in [0, 0.05) is 31.1 Å². The summed E-state index contributed by atoms with van der Waals surface area (Å²) in [6.07, 6.45) is 3.57. The fourth-order valence-electron chi connectivity index (χ4n) is 3.13. The van der Waals surface area contributed by atoms with E-state index in [4.69, 9.17) is 14.6 Å². The molecule has 0 saturated carbocycles. The van der Waals surface area contributed by atoms with Gasteiger partial charge in [-0.25, -0.2) is 0 Å². The number of nitrogens with one attached hydrogen (secondary N) is 1. The number of hydrogen-bond acceptors (Lipinski definition) is 7. The van der Waals surface area contributed by atoms with E-state index in [0.29, 0.717) is 24.5 Å².